The van der Waals surface area contributed by atoms with Crippen LogP contribution in [-0.2, 0) is 20.6 Å². The second-order valence-electron chi connectivity index (χ2n) is 7.96. The van der Waals surface area contributed by atoms with E-state index in [1.807, 2.05) is 42.5 Å². The summed E-state index contributed by atoms with van der Waals surface area (Å²) in [5.74, 6) is 0.726. The second kappa shape index (κ2) is 10.4. The van der Waals surface area contributed by atoms with Crippen molar-refractivity contribution in [3.63, 3.8) is 0 Å². The number of carbonyl (C=O) groups excluding carboxylic acids is 1. The zero-order valence-electron chi connectivity index (χ0n) is 18.0. The summed E-state index contributed by atoms with van der Waals surface area (Å²) in [7, 11) is -3.48. The van der Waals surface area contributed by atoms with Crippen molar-refractivity contribution in [1.29, 1.82) is 0 Å². The SMILES string of the molecule is O=C(Nc1ccccc1Oc1ccccc1)C1CCN(S(=O)(=O)Cc2cccc(Cl)c2)CC1. The molecule has 0 atom stereocenters. The van der Waals surface area contributed by atoms with E-state index in [0.717, 1.165) is 0 Å². The van der Waals surface area contributed by atoms with Crippen LogP contribution in [0.3, 0.4) is 0 Å². The average molecular weight is 485 g/mol. The van der Waals surface area contributed by atoms with Crippen LogP contribution in [0.2, 0.25) is 5.02 Å². The van der Waals surface area contributed by atoms with Crippen LogP contribution >= 0.6 is 11.6 Å². The van der Waals surface area contributed by atoms with E-state index >= 15 is 0 Å². The molecule has 1 fully saturated rings. The number of sulfonamides is 1. The Morgan fingerprint density at radius 1 is 0.970 bits per heavy atom. The fraction of sp³-hybridized carbons (Fsp3) is 0.240. The summed E-state index contributed by atoms with van der Waals surface area (Å²) in [6, 6.07) is 23.5. The highest BCUT2D eigenvalue weighted by molar-refractivity contribution is 7.88. The maximum Gasteiger partial charge on any atom is 0.227 e. The zero-order chi connectivity index (χ0) is 23.3. The highest BCUT2D eigenvalue weighted by atomic mass is 35.5. The normalized spacial score (nSPS) is 15.2. The number of hydrogen-bond donors (Lipinski definition) is 1. The Bertz CT molecular complexity index is 1210. The number of halogens is 1. The lowest BCUT2D eigenvalue weighted by Crippen LogP contribution is -2.41. The number of carbonyl (C=O) groups is 1. The first-order valence-electron chi connectivity index (χ1n) is 10.8. The quantitative estimate of drug-likeness (QED) is 0.493. The molecule has 1 aliphatic rings. The monoisotopic (exact) mass is 484 g/mol. The maximum absolute atomic E-state index is 12.9. The number of piperidine rings is 1. The molecule has 3 aromatic rings. The highest BCUT2D eigenvalue weighted by Crippen LogP contribution is 2.30. The Morgan fingerprint density at radius 3 is 2.39 bits per heavy atom. The molecular weight excluding hydrogens is 460 g/mol. The van der Waals surface area contributed by atoms with Gasteiger partial charge in [-0.1, -0.05) is 54.1 Å². The van der Waals surface area contributed by atoms with Crippen molar-refractivity contribution in [3.05, 3.63) is 89.4 Å². The standard InChI is InChI=1S/C25H25ClN2O4S/c26-21-8-6-7-19(17-21)18-33(30,31)28-15-13-20(14-16-28)25(29)27-23-11-4-5-12-24(23)32-22-9-2-1-3-10-22/h1-12,17,20H,13-16,18H2,(H,27,29). The molecule has 172 valence electrons. The predicted molar refractivity (Wildman–Crippen MR) is 130 cm³/mol. The smallest absolute Gasteiger partial charge is 0.227 e. The number of nitrogens with zero attached hydrogens (tertiary/aromatic N) is 1. The summed E-state index contributed by atoms with van der Waals surface area (Å²) < 4.78 is 33.0. The molecular formula is C25H25ClN2O4S. The molecule has 8 heteroatoms. The van der Waals surface area contributed by atoms with Crippen LogP contribution in [0.5, 0.6) is 11.5 Å². The van der Waals surface area contributed by atoms with Crippen LogP contribution in [-0.4, -0.2) is 31.7 Å². The Balaban J connectivity index is 1.35. The van der Waals surface area contributed by atoms with E-state index < -0.39 is 10.0 Å². The molecule has 3 aromatic carbocycles. The number of benzene rings is 3. The van der Waals surface area contributed by atoms with Gasteiger partial charge in [-0.3, -0.25) is 4.79 Å². The zero-order valence-corrected chi connectivity index (χ0v) is 19.6. The minimum atomic E-state index is -3.48. The molecule has 1 amide bonds. The van der Waals surface area contributed by atoms with Gasteiger partial charge in [0.15, 0.2) is 5.75 Å². The number of amides is 1. The van der Waals surface area contributed by atoms with Crippen molar-refractivity contribution < 1.29 is 17.9 Å². The molecule has 1 aliphatic heterocycles. The molecule has 33 heavy (non-hydrogen) atoms. The minimum absolute atomic E-state index is 0.103. The molecule has 0 bridgehead atoms. The van der Waals surface area contributed by atoms with Gasteiger partial charge in [0.2, 0.25) is 15.9 Å². The molecule has 1 N–H and O–H groups in total. The number of rotatable bonds is 7. The lowest BCUT2D eigenvalue weighted by atomic mass is 9.97. The van der Waals surface area contributed by atoms with Crippen molar-refractivity contribution in [2.45, 2.75) is 18.6 Å². The van der Waals surface area contributed by atoms with Gasteiger partial charge in [0.05, 0.1) is 11.4 Å². The van der Waals surface area contributed by atoms with Crippen LogP contribution in [0.1, 0.15) is 18.4 Å². The summed E-state index contributed by atoms with van der Waals surface area (Å²) >= 11 is 5.97. The summed E-state index contributed by atoms with van der Waals surface area (Å²) in [6.45, 7) is 0.617. The third kappa shape index (κ3) is 6.13. The summed E-state index contributed by atoms with van der Waals surface area (Å²) in [5, 5.41) is 3.46. The van der Waals surface area contributed by atoms with Gasteiger partial charge in [0.25, 0.3) is 0 Å². The molecule has 0 aliphatic carbocycles. The van der Waals surface area contributed by atoms with Crippen molar-refractivity contribution in [1.82, 2.24) is 4.31 Å². The summed E-state index contributed by atoms with van der Waals surface area (Å²) in [6.07, 6.45) is 0.921. The first kappa shape index (κ1) is 23.3. The van der Waals surface area contributed by atoms with Crippen LogP contribution in [0, 0.1) is 5.92 Å². The van der Waals surface area contributed by atoms with Gasteiger partial charge in [0.1, 0.15) is 5.75 Å². The second-order valence-corrected chi connectivity index (χ2v) is 10.4. The van der Waals surface area contributed by atoms with Crippen LogP contribution in [0.25, 0.3) is 0 Å². The first-order valence-corrected chi connectivity index (χ1v) is 12.7. The van der Waals surface area contributed by atoms with Crippen molar-refractivity contribution in [3.8, 4) is 11.5 Å². The fourth-order valence-electron chi connectivity index (χ4n) is 3.83. The van der Waals surface area contributed by atoms with Crippen LogP contribution in [0.15, 0.2) is 78.9 Å². The number of ether oxygens (including phenoxy) is 1. The predicted octanol–water partition coefficient (Wildman–Crippen LogP) is 5.31. The van der Waals surface area contributed by atoms with Gasteiger partial charge in [-0.2, -0.15) is 0 Å². The summed E-state index contributed by atoms with van der Waals surface area (Å²) in [5.41, 5.74) is 1.24. The maximum atomic E-state index is 12.9. The Morgan fingerprint density at radius 2 is 1.67 bits per heavy atom. The van der Waals surface area contributed by atoms with Gasteiger partial charge in [-0.15, -0.1) is 0 Å². The van der Waals surface area contributed by atoms with E-state index in [9.17, 15) is 13.2 Å². The van der Waals surface area contributed by atoms with E-state index in [0.29, 0.717) is 53.7 Å². The number of nitrogens with one attached hydrogen (secondary N) is 1. The topological polar surface area (TPSA) is 75.7 Å². The van der Waals surface area contributed by atoms with E-state index in [4.69, 9.17) is 16.3 Å². The first-order chi connectivity index (χ1) is 15.9. The van der Waals surface area contributed by atoms with Gasteiger partial charge in [0, 0.05) is 24.0 Å². The third-order valence-corrected chi connectivity index (χ3v) is 7.66. The molecule has 0 aromatic heterocycles. The third-order valence-electron chi connectivity index (χ3n) is 5.57. The summed E-state index contributed by atoms with van der Waals surface area (Å²) in [4.78, 5) is 12.9. The Hall–Kier alpha value is -2.87. The van der Waals surface area contributed by atoms with Crippen molar-refractivity contribution in [2.75, 3.05) is 18.4 Å². The Kier molecular flexibility index (Phi) is 7.33. The van der Waals surface area contributed by atoms with E-state index in [2.05, 4.69) is 5.32 Å². The van der Waals surface area contributed by atoms with Gasteiger partial charge >= 0.3 is 0 Å². The van der Waals surface area contributed by atoms with Crippen LogP contribution in [0.4, 0.5) is 5.69 Å². The fourth-order valence-corrected chi connectivity index (χ4v) is 5.60. The molecule has 1 saturated heterocycles. The molecule has 0 radical (unpaired) electrons. The molecule has 1 heterocycles. The van der Waals surface area contributed by atoms with Crippen molar-refractivity contribution >= 4 is 33.2 Å². The average Bonchev–Trinajstić information content (AvgIpc) is 2.81. The number of hydrogen-bond acceptors (Lipinski definition) is 4. The highest BCUT2D eigenvalue weighted by Gasteiger charge is 2.31. The van der Waals surface area contributed by atoms with Gasteiger partial charge in [-0.25, -0.2) is 12.7 Å². The molecule has 6 nitrogen and oxygen atoms in total. The molecule has 4 rings (SSSR count). The lowest BCUT2D eigenvalue weighted by Gasteiger charge is -2.30. The Labute approximate surface area is 199 Å². The largest absolute Gasteiger partial charge is 0.455 e. The number of anilines is 1. The van der Waals surface area contributed by atoms with E-state index in [1.165, 1.54) is 4.31 Å². The van der Waals surface area contributed by atoms with Gasteiger partial charge < -0.3 is 10.1 Å². The number of para-hydroxylation sites is 3. The van der Waals surface area contributed by atoms with Gasteiger partial charge in [-0.05, 0) is 54.8 Å². The lowest BCUT2D eigenvalue weighted by molar-refractivity contribution is -0.120. The molecule has 0 saturated carbocycles. The van der Waals surface area contributed by atoms with E-state index in [1.54, 1.807) is 36.4 Å². The van der Waals surface area contributed by atoms with Crippen LogP contribution < -0.4 is 10.1 Å². The minimum Gasteiger partial charge on any atom is -0.455 e. The van der Waals surface area contributed by atoms with E-state index in [-0.39, 0.29) is 17.6 Å². The molecule has 0 unspecified atom stereocenters. The van der Waals surface area contributed by atoms with Crippen molar-refractivity contribution in [2.24, 2.45) is 5.92 Å². The molecule has 0 spiro atoms.